The van der Waals surface area contributed by atoms with E-state index in [1.165, 1.54) is 0 Å². The fourth-order valence-corrected chi connectivity index (χ4v) is 3.97. The van der Waals surface area contributed by atoms with Crippen LogP contribution in [0.4, 0.5) is 0 Å². The summed E-state index contributed by atoms with van der Waals surface area (Å²) < 4.78 is 0. The summed E-state index contributed by atoms with van der Waals surface area (Å²) in [6.45, 7) is 0. The fraction of sp³-hybridized carbons (Fsp3) is 0.0385. The van der Waals surface area contributed by atoms with Gasteiger partial charge in [0.25, 0.3) is 0 Å². The van der Waals surface area contributed by atoms with E-state index in [1.54, 1.807) is 29.1 Å². The second-order valence-electron chi connectivity index (χ2n) is 7.26. The molecule has 1 heterocycles. The van der Waals surface area contributed by atoms with Crippen molar-refractivity contribution in [2.24, 2.45) is 0 Å². The van der Waals surface area contributed by atoms with Crippen LogP contribution in [0.3, 0.4) is 0 Å². The first kappa shape index (κ1) is 18.8. The van der Waals surface area contributed by atoms with Crippen LogP contribution in [0.1, 0.15) is 16.7 Å². The molecule has 0 fully saturated rings. The number of phenolic OH excluding ortho intramolecular Hbond substituents is 1. The van der Waals surface area contributed by atoms with Crippen LogP contribution in [0.25, 0.3) is 11.4 Å². The van der Waals surface area contributed by atoms with Gasteiger partial charge in [0.05, 0.1) is 0 Å². The van der Waals surface area contributed by atoms with Crippen LogP contribution in [0, 0.1) is 0 Å². The van der Waals surface area contributed by atoms with Crippen molar-refractivity contribution < 1.29 is 5.11 Å². The Morgan fingerprint density at radius 2 is 1.03 bits per heavy atom. The quantitative estimate of drug-likeness (QED) is 0.424. The normalized spacial score (nSPS) is 11.4. The number of nitrogens with zero attached hydrogens (tertiary/aromatic N) is 4. The molecule has 150 valence electrons. The number of hydrogen-bond donors (Lipinski definition) is 1. The minimum atomic E-state index is -0.800. The van der Waals surface area contributed by atoms with E-state index in [-0.39, 0.29) is 5.75 Å². The Morgan fingerprint density at radius 3 is 1.48 bits per heavy atom. The number of aromatic hydroxyl groups is 1. The van der Waals surface area contributed by atoms with Gasteiger partial charge < -0.3 is 5.11 Å². The van der Waals surface area contributed by atoms with Gasteiger partial charge >= 0.3 is 0 Å². The number of rotatable bonds is 5. The van der Waals surface area contributed by atoms with E-state index in [0.29, 0.717) is 5.82 Å². The molecule has 0 aliphatic rings. The first-order chi connectivity index (χ1) is 15.3. The highest BCUT2D eigenvalue weighted by Gasteiger charge is 2.41. The monoisotopic (exact) mass is 404 g/mol. The first-order valence-corrected chi connectivity index (χ1v) is 10.0. The number of benzene rings is 4. The molecule has 0 saturated heterocycles. The molecule has 0 saturated carbocycles. The Balaban J connectivity index is 1.80. The molecule has 5 heteroatoms. The van der Waals surface area contributed by atoms with E-state index >= 15 is 0 Å². The molecule has 1 aromatic heterocycles. The predicted octanol–water partition coefficient (Wildman–Crippen LogP) is 4.89. The molecular weight excluding hydrogens is 384 g/mol. The van der Waals surface area contributed by atoms with Crippen LogP contribution in [-0.4, -0.2) is 25.3 Å². The summed E-state index contributed by atoms with van der Waals surface area (Å²) in [6, 6.07) is 37.5. The van der Waals surface area contributed by atoms with Crippen LogP contribution >= 0.6 is 0 Å². The lowest BCUT2D eigenvalue weighted by Crippen LogP contribution is -2.39. The molecular formula is C26H20N4O. The summed E-state index contributed by atoms with van der Waals surface area (Å²) in [5.41, 5.74) is 3.07. The average molecular weight is 404 g/mol. The highest BCUT2D eigenvalue weighted by Crippen LogP contribution is 2.39. The third-order valence-corrected chi connectivity index (χ3v) is 5.41. The number of hydrogen-bond acceptors (Lipinski definition) is 4. The smallest absolute Gasteiger partial charge is 0.204 e. The molecule has 0 aliphatic heterocycles. The molecule has 0 spiro atoms. The van der Waals surface area contributed by atoms with Gasteiger partial charge in [0.2, 0.25) is 5.82 Å². The van der Waals surface area contributed by atoms with Gasteiger partial charge in [-0.2, -0.15) is 0 Å². The van der Waals surface area contributed by atoms with Crippen molar-refractivity contribution in [3.63, 3.8) is 0 Å². The van der Waals surface area contributed by atoms with E-state index in [9.17, 15) is 5.11 Å². The van der Waals surface area contributed by atoms with Crippen molar-refractivity contribution in [1.82, 2.24) is 20.2 Å². The molecule has 5 rings (SSSR count). The summed E-state index contributed by atoms with van der Waals surface area (Å²) in [6.07, 6.45) is 0. The molecule has 0 radical (unpaired) electrons. The second kappa shape index (κ2) is 7.88. The van der Waals surface area contributed by atoms with Gasteiger partial charge in [-0.15, -0.1) is 15.0 Å². The Hall–Kier alpha value is -4.25. The zero-order valence-corrected chi connectivity index (χ0v) is 16.7. The van der Waals surface area contributed by atoms with E-state index in [4.69, 9.17) is 5.10 Å². The number of tetrazole rings is 1. The lowest BCUT2D eigenvalue weighted by Gasteiger charge is -2.34. The third kappa shape index (κ3) is 3.26. The van der Waals surface area contributed by atoms with Gasteiger partial charge in [0.1, 0.15) is 5.75 Å². The Bertz CT molecular complexity index is 1170. The van der Waals surface area contributed by atoms with Crippen molar-refractivity contribution in [3.05, 3.63) is 132 Å². The summed E-state index contributed by atoms with van der Waals surface area (Å²) in [7, 11) is 0. The molecule has 31 heavy (non-hydrogen) atoms. The van der Waals surface area contributed by atoms with E-state index in [2.05, 4.69) is 46.7 Å². The molecule has 4 aromatic carbocycles. The zero-order valence-electron chi connectivity index (χ0n) is 16.7. The van der Waals surface area contributed by atoms with Gasteiger partial charge in [-0.3, -0.25) is 0 Å². The standard InChI is InChI=1S/C26H20N4O/c31-24-18-16-20(17-19-24)25-27-29-30(28-25)26(21-10-4-1-5-11-21,22-12-6-2-7-13-22)23-14-8-3-9-15-23/h1-19,31H. The maximum Gasteiger partial charge on any atom is 0.204 e. The lowest BCUT2D eigenvalue weighted by molar-refractivity contribution is 0.396. The minimum absolute atomic E-state index is 0.198. The third-order valence-electron chi connectivity index (χ3n) is 5.41. The van der Waals surface area contributed by atoms with Crippen molar-refractivity contribution in [1.29, 1.82) is 0 Å². The van der Waals surface area contributed by atoms with Gasteiger partial charge in [-0.05, 0) is 46.2 Å². The summed E-state index contributed by atoms with van der Waals surface area (Å²) in [5.74, 6) is 0.690. The summed E-state index contributed by atoms with van der Waals surface area (Å²) in [4.78, 5) is 1.69. The Morgan fingerprint density at radius 1 is 0.581 bits per heavy atom. The maximum absolute atomic E-state index is 9.62. The molecule has 0 unspecified atom stereocenters. The topological polar surface area (TPSA) is 63.8 Å². The SMILES string of the molecule is Oc1ccc(-c2nnn(C(c3ccccc3)(c3ccccc3)c3ccccc3)n2)cc1. The van der Waals surface area contributed by atoms with Gasteiger partial charge in [-0.25, -0.2) is 0 Å². The van der Waals surface area contributed by atoms with E-state index in [0.717, 1.165) is 22.3 Å². The van der Waals surface area contributed by atoms with Crippen molar-refractivity contribution in [3.8, 4) is 17.1 Å². The first-order valence-electron chi connectivity index (χ1n) is 10.0. The summed E-state index contributed by atoms with van der Waals surface area (Å²) >= 11 is 0. The molecule has 0 bridgehead atoms. The van der Waals surface area contributed by atoms with Crippen molar-refractivity contribution in [2.75, 3.05) is 0 Å². The Labute approximate surface area is 180 Å². The van der Waals surface area contributed by atoms with Crippen LogP contribution in [-0.2, 0) is 5.54 Å². The lowest BCUT2D eigenvalue weighted by atomic mass is 9.77. The predicted molar refractivity (Wildman–Crippen MR) is 120 cm³/mol. The molecule has 5 nitrogen and oxygen atoms in total. The van der Waals surface area contributed by atoms with Gasteiger partial charge in [-0.1, -0.05) is 91.0 Å². The van der Waals surface area contributed by atoms with Crippen LogP contribution in [0.5, 0.6) is 5.75 Å². The second-order valence-corrected chi connectivity index (χ2v) is 7.26. The molecule has 5 aromatic rings. The van der Waals surface area contributed by atoms with E-state index < -0.39 is 5.54 Å². The molecule has 0 atom stereocenters. The highest BCUT2D eigenvalue weighted by atomic mass is 16.3. The largest absolute Gasteiger partial charge is 0.508 e. The summed E-state index contributed by atoms with van der Waals surface area (Å²) in [5, 5.41) is 23.3. The number of aromatic nitrogens is 4. The number of phenols is 1. The average Bonchev–Trinajstić information content (AvgIpc) is 3.33. The molecule has 1 N–H and O–H groups in total. The van der Waals surface area contributed by atoms with Gasteiger partial charge in [0.15, 0.2) is 5.54 Å². The van der Waals surface area contributed by atoms with Crippen molar-refractivity contribution >= 4 is 0 Å². The van der Waals surface area contributed by atoms with Crippen LogP contribution < -0.4 is 0 Å². The van der Waals surface area contributed by atoms with Gasteiger partial charge in [0, 0.05) is 5.56 Å². The minimum Gasteiger partial charge on any atom is -0.508 e. The molecule has 0 amide bonds. The maximum atomic E-state index is 9.62. The molecule has 0 aliphatic carbocycles. The van der Waals surface area contributed by atoms with Crippen LogP contribution in [0.15, 0.2) is 115 Å². The van der Waals surface area contributed by atoms with Crippen LogP contribution in [0.2, 0.25) is 0 Å². The Kier molecular flexibility index (Phi) is 4.77. The van der Waals surface area contributed by atoms with Crippen molar-refractivity contribution in [2.45, 2.75) is 5.54 Å². The zero-order chi connectivity index (χ0) is 21.1. The highest BCUT2D eigenvalue weighted by molar-refractivity contribution is 5.56. The van der Waals surface area contributed by atoms with E-state index in [1.807, 2.05) is 54.6 Å². The fourth-order valence-electron chi connectivity index (χ4n) is 3.97.